The van der Waals surface area contributed by atoms with E-state index in [0.29, 0.717) is 11.5 Å². The molecule has 3 heteroatoms. The maximum absolute atomic E-state index is 11.5. The second-order valence-corrected chi connectivity index (χ2v) is 5.71. The van der Waals surface area contributed by atoms with Crippen LogP contribution in [0.25, 0.3) is 0 Å². The lowest BCUT2D eigenvalue weighted by Gasteiger charge is -2.34. The van der Waals surface area contributed by atoms with Crippen molar-refractivity contribution in [3.63, 3.8) is 0 Å². The van der Waals surface area contributed by atoms with Gasteiger partial charge in [0, 0.05) is 12.1 Å². The fraction of sp³-hybridized carbons (Fsp3) is 0.917. The molecular weight excluding hydrogens is 188 g/mol. The van der Waals surface area contributed by atoms with Crippen molar-refractivity contribution in [2.75, 3.05) is 0 Å². The zero-order chi connectivity index (χ0) is 11.5. The third-order valence-electron chi connectivity index (χ3n) is 3.09. The zero-order valence-corrected chi connectivity index (χ0v) is 10.4. The maximum Gasteiger partial charge on any atom is 0.315 e. The van der Waals surface area contributed by atoms with Crippen LogP contribution in [0.2, 0.25) is 0 Å². The average molecular weight is 212 g/mol. The van der Waals surface area contributed by atoms with Gasteiger partial charge in [-0.25, -0.2) is 4.79 Å². The van der Waals surface area contributed by atoms with Crippen LogP contribution in [-0.2, 0) is 0 Å². The topological polar surface area (TPSA) is 41.1 Å². The molecule has 0 heterocycles. The highest BCUT2D eigenvalue weighted by Gasteiger charge is 2.27. The van der Waals surface area contributed by atoms with Gasteiger partial charge in [-0.2, -0.15) is 0 Å². The normalized spacial score (nSPS) is 21.4. The van der Waals surface area contributed by atoms with E-state index in [0.717, 1.165) is 12.8 Å². The van der Waals surface area contributed by atoms with Crippen LogP contribution in [-0.4, -0.2) is 18.1 Å². The highest BCUT2D eigenvalue weighted by molar-refractivity contribution is 5.74. The molecule has 0 atom stereocenters. The number of nitrogens with one attached hydrogen (secondary N) is 2. The number of urea groups is 1. The smallest absolute Gasteiger partial charge is 0.315 e. The van der Waals surface area contributed by atoms with E-state index < -0.39 is 0 Å². The molecule has 1 fully saturated rings. The molecule has 88 valence electrons. The van der Waals surface area contributed by atoms with Crippen molar-refractivity contribution >= 4 is 6.03 Å². The first-order chi connectivity index (χ1) is 6.89. The fourth-order valence-corrected chi connectivity index (χ4v) is 2.03. The van der Waals surface area contributed by atoms with Gasteiger partial charge < -0.3 is 10.6 Å². The van der Waals surface area contributed by atoms with Crippen molar-refractivity contribution < 1.29 is 4.79 Å². The Hall–Kier alpha value is -0.730. The van der Waals surface area contributed by atoms with E-state index in [2.05, 4.69) is 24.5 Å². The van der Waals surface area contributed by atoms with Gasteiger partial charge in [0.05, 0.1) is 0 Å². The number of hydrogen-bond acceptors (Lipinski definition) is 1. The van der Waals surface area contributed by atoms with Crippen molar-refractivity contribution in [3.8, 4) is 0 Å². The van der Waals surface area contributed by atoms with Crippen LogP contribution in [0, 0.1) is 5.41 Å². The number of carbonyl (C=O) groups excluding carboxylic acids is 1. The highest BCUT2D eigenvalue weighted by Crippen LogP contribution is 2.34. The van der Waals surface area contributed by atoms with E-state index in [4.69, 9.17) is 0 Å². The average Bonchev–Trinajstić information content (AvgIpc) is 2.07. The molecule has 15 heavy (non-hydrogen) atoms. The molecule has 0 aromatic heterocycles. The summed E-state index contributed by atoms with van der Waals surface area (Å²) in [5, 5.41) is 5.90. The number of hydrogen-bond donors (Lipinski definition) is 2. The Labute approximate surface area is 93.0 Å². The van der Waals surface area contributed by atoms with Gasteiger partial charge >= 0.3 is 6.03 Å². The third kappa shape index (κ3) is 4.54. The summed E-state index contributed by atoms with van der Waals surface area (Å²) in [5.74, 6) is 0. The minimum absolute atomic E-state index is 0.0188. The van der Waals surface area contributed by atoms with Gasteiger partial charge in [0.2, 0.25) is 0 Å². The summed E-state index contributed by atoms with van der Waals surface area (Å²) in [7, 11) is 0. The summed E-state index contributed by atoms with van der Waals surface area (Å²) in [6, 6.07) is 0.566. The Morgan fingerprint density at radius 3 is 2.27 bits per heavy atom. The maximum atomic E-state index is 11.5. The minimum Gasteiger partial charge on any atom is -0.336 e. The first-order valence-corrected chi connectivity index (χ1v) is 5.96. The second-order valence-electron chi connectivity index (χ2n) is 5.71. The first kappa shape index (κ1) is 12.3. The molecule has 0 aliphatic heterocycles. The van der Waals surface area contributed by atoms with E-state index in [1.54, 1.807) is 0 Å². The van der Waals surface area contributed by atoms with Gasteiger partial charge in [-0.15, -0.1) is 0 Å². The van der Waals surface area contributed by atoms with Gasteiger partial charge in [0.25, 0.3) is 0 Å². The zero-order valence-electron chi connectivity index (χ0n) is 10.4. The second kappa shape index (κ2) is 4.86. The summed E-state index contributed by atoms with van der Waals surface area (Å²) < 4.78 is 0. The Kier molecular flexibility index (Phi) is 4.00. The van der Waals surface area contributed by atoms with Crippen LogP contribution in [0.5, 0.6) is 0 Å². The van der Waals surface area contributed by atoms with Crippen molar-refractivity contribution in [1.29, 1.82) is 0 Å². The van der Waals surface area contributed by atoms with Crippen LogP contribution in [0.15, 0.2) is 0 Å². The largest absolute Gasteiger partial charge is 0.336 e. The van der Waals surface area contributed by atoms with Crippen molar-refractivity contribution in [1.82, 2.24) is 10.6 Å². The van der Waals surface area contributed by atoms with Crippen molar-refractivity contribution in [2.45, 2.75) is 65.5 Å². The SMILES string of the molecule is CC(C)NC(=O)NC1CCC(C)(C)CC1. The van der Waals surface area contributed by atoms with Crippen LogP contribution in [0.1, 0.15) is 53.4 Å². The standard InChI is InChI=1S/C12H24N2O/c1-9(2)13-11(15)14-10-5-7-12(3,4)8-6-10/h9-10H,5-8H2,1-4H3,(H2,13,14,15). The Morgan fingerprint density at radius 2 is 1.80 bits per heavy atom. The van der Waals surface area contributed by atoms with Gasteiger partial charge in [0.1, 0.15) is 0 Å². The van der Waals surface area contributed by atoms with E-state index in [1.165, 1.54) is 12.8 Å². The minimum atomic E-state index is -0.0188. The molecule has 1 saturated carbocycles. The van der Waals surface area contributed by atoms with Gasteiger partial charge in [-0.1, -0.05) is 13.8 Å². The summed E-state index contributed by atoms with van der Waals surface area (Å²) >= 11 is 0. The first-order valence-electron chi connectivity index (χ1n) is 5.96. The quantitative estimate of drug-likeness (QED) is 0.726. The molecule has 0 saturated heterocycles. The fourth-order valence-electron chi connectivity index (χ4n) is 2.03. The lowest BCUT2D eigenvalue weighted by atomic mass is 9.76. The summed E-state index contributed by atoms with van der Waals surface area (Å²) in [6.07, 6.45) is 4.64. The molecule has 0 bridgehead atoms. The van der Waals surface area contributed by atoms with Gasteiger partial charge in [-0.3, -0.25) is 0 Å². The summed E-state index contributed by atoms with van der Waals surface area (Å²) in [6.45, 7) is 8.56. The van der Waals surface area contributed by atoms with Crippen LogP contribution in [0.4, 0.5) is 4.79 Å². The number of amides is 2. The van der Waals surface area contributed by atoms with E-state index in [-0.39, 0.29) is 12.1 Å². The van der Waals surface area contributed by atoms with Gasteiger partial charge in [-0.05, 0) is 44.9 Å². The molecule has 0 aromatic carbocycles. The molecular formula is C12H24N2O. The van der Waals surface area contributed by atoms with E-state index in [1.807, 2.05) is 13.8 Å². The lowest BCUT2D eigenvalue weighted by molar-refractivity contribution is 0.197. The molecule has 0 aromatic rings. The highest BCUT2D eigenvalue weighted by atomic mass is 16.2. The van der Waals surface area contributed by atoms with Crippen molar-refractivity contribution in [2.24, 2.45) is 5.41 Å². The summed E-state index contributed by atoms with van der Waals surface area (Å²) in [5.41, 5.74) is 0.465. The molecule has 3 nitrogen and oxygen atoms in total. The number of rotatable bonds is 2. The van der Waals surface area contributed by atoms with E-state index >= 15 is 0 Å². The summed E-state index contributed by atoms with van der Waals surface area (Å²) in [4.78, 5) is 11.5. The van der Waals surface area contributed by atoms with Crippen LogP contribution >= 0.6 is 0 Å². The molecule has 1 rings (SSSR count). The molecule has 1 aliphatic rings. The van der Waals surface area contributed by atoms with Crippen molar-refractivity contribution in [3.05, 3.63) is 0 Å². The lowest BCUT2D eigenvalue weighted by Crippen LogP contribution is -2.46. The number of carbonyl (C=O) groups is 1. The Morgan fingerprint density at radius 1 is 1.27 bits per heavy atom. The van der Waals surface area contributed by atoms with Crippen LogP contribution in [0.3, 0.4) is 0 Å². The van der Waals surface area contributed by atoms with Gasteiger partial charge in [0.15, 0.2) is 0 Å². The molecule has 2 N–H and O–H groups in total. The van der Waals surface area contributed by atoms with E-state index in [9.17, 15) is 4.79 Å². The monoisotopic (exact) mass is 212 g/mol. The molecule has 0 radical (unpaired) electrons. The Bertz CT molecular complexity index is 214. The Balaban J connectivity index is 2.27. The molecule has 0 spiro atoms. The predicted molar refractivity (Wildman–Crippen MR) is 62.8 cm³/mol. The third-order valence-corrected chi connectivity index (χ3v) is 3.09. The predicted octanol–water partition coefficient (Wildman–Crippen LogP) is 2.66. The molecule has 0 unspecified atom stereocenters. The molecule has 1 aliphatic carbocycles. The molecule has 2 amide bonds. The van der Waals surface area contributed by atoms with Crippen LogP contribution < -0.4 is 10.6 Å².